The summed E-state index contributed by atoms with van der Waals surface area (Å²) < 4.78 is 5.98. The van der Waals surface area contributed by atoms with Crippen LogP contribution in [0.5, 0.6) is 5.75 Å². The Labute approximate surface area is 271 Å². The number of hydrogen-bond donors (Lipinski definition) is 2. The molecule has 4 aliphatic rings. The molecule has 0 radical (unpaired) electrons. The van der Waals surface area contributed by atoms with Crippen LogP contribution in [0, 0.1) is 11.3 Å². The molecule has 1 aromatic heterocycles. The number of benzene rings is 2. The zero-order valence-corrected chi connectivity index (χ0v) is 26.0. The first-order chi connectivity index (χ1) is 22.9. The molecular formula is C34H36N8O5. The SMILES string of the molecule is N#Cc1ccc2ncnc(N[C@H]3CC[C@H](N4CCN(CCOc5ccc6c(c5)C(=O)N(C5CCC(=O)NC5=O)C6=O)CC4)CC3)c2c1. The first-order valence-corrected chi connectivity index (χ1v) is 16.2. The van der Waals surface area contributed by atoms with Crippen LogP contribution in [0.25, 0.3) is 10.9 Å². The van der Waals surface area contributed by atoms with Crippen LogP contribution in [0.3, 0.4) is 0 Å². The summed E-state index contributed by atoms with van der Waals surface area (Å²) in [7, 11) is 0. The fourth-order valence-corrected chi connectivity index (χ4v) is 7.20. The summed E-state index contributed by atoms with van der Waals surface area (Å²) in [5, 5.41) is 16.0. The number of anilines is 1. The van der Waals surface area contributed by atoms with Crippen molar-refractivity contribution in [1.29, 1.82) is 5.26 Å². The Kier molecular flexibility index (Phi) is 8.53. The molecule has 1 saturated carbocycles. The van der Waals surface area contributed by atoms with Crippen molar-refractivity contribution in [3.63, 3.8) is 0 Å². The predicted octanol–water partition coefficient (Wildman–Crippen LogP) is 2.32. The van der Waals surface area contributed by atoms with Gasteiger partial charge in [-0.15, -0.1) is 0 Å². The van der Waals surface area contributed by atoms with Crippen LogP contribution in [0.1, 0.15) is 64.8 Å². The average molecular weight is 637 g/mol. The third kappa shape index (κ3) is 6.26. The molecule has 2 saturated heterocycles. The average Bonchev–Trinajstić information content (AvgIpc) is 3.33. The molecule has 4 heterocycles. The minimum atomic E-state index is -0.987. The molecule has 13 nitrogen and oxygen atoms in total. The molecule has 2 N–H and O–H groups in total. The van der Waals surface area contributed by atoms with Gasteiger partial charge in [0.05, 0.1) is 28.3 Å². The zero-order chi connectivity index (χ0) is 32.5. The summed E-state index contributed by atoms with van der Waals surface area (Å²) in [6, 6.07) is 12.4. The lowest BCUT2D eigenvalue weighted by atomic mass is 9.89. The quantitative estimate of drug-likeness (QED) is 0.349. The number of piperazine rings is 1. The summed E-state index contributed by atoms with van der Waals surface area (Å²) in [6.45, 7) is 5.10. The van der Waals surface area contributed by atoms with Gasteiger partial charge in [0.2, 0.25) is 11.8 Å². The van der Waals surface area contributed by atoms with E-state index in [-0.39, 0.29) is 24.0 Å². The molecule has 47 heavy (non-hydrogen) atoms. The predicted molar refractivity (Wildman–Crippen MR) is 171 cm³/mol. The second kappa shape index (κ2) is 13.1. The molecule has 4 amide bonds. The lowest BCUT2D eigenvalue weighted by molar-refractivity contribution is -0.136. The number of nitrogens with zero attached hydrogens (tertiary/aromatic N) is 6. The maximum atomic E-state index is 13.1. The van der Waals surface area contributed by atoms with E-state index in [9.17, 15) is 24.4 Å². The van der Waals surface area contributed by atoms with Crippen LogP contribution < -0.4 is 15.4 Å². The first kappa shape index (κ1) is 30.7. The van der Waals surface area contributed by atoms with E-state index in [1.54, 1.807) is 30.6 Å². The van der Waals surface area contributed by atoms with Crippen LogP contribution in [0.15, 0.2) is 42.7 Å². The fourth-order valence-electron chi connectivity index (χ4n) is 7.20. The second-order valence-electron chi connectivity index (χ2n) is 12.6. The molecule has 242 valence electrons. The molecule has 3 aliphatic heterocycles. The smallest absolute Gasteiger partial charge is 0.262 e. The summed E-state index contributed by atoms with van der Waals surface area (Å²) in [6.07, 6.45) is 6.13. The molecule has 1 unspecified atom stereocenters. The Morgan fingerprint density at radius 1 is 0.915 bits per heavy atom. The number of amides is 4. The van der Waals surface area contributed by atoms with Gasteiger partial charge < -0.3 is 10.1 Å². The molecule has 13 heteroatoms. The normalized spacial score (nSPS) is 23.8. The van der Waals surface area contributed by atoms with Gasteiger partial charge in [0, 0.05) is 56.6 Å². The number of carbonyl (C=O) groups is 4. The lowest BCUT2D eigenvalue weighted by Crippen LogP contribution is -2.54. The molecule has 3 aromatic rings. The van der Waals surface area contributed by atoms with E-state index in [0.29, 0.717) is 30.0 Å². The van der Waals surface area contributed by atoms with Crippen molar-refractivity contribution < 1.29 is 23.9 Å². The zero-order valence-electron chi connectivity index (χ0n) is 26.0. The van der Waals surface area contributed by atoms with Gasteiger partial charge in [-0.05, 0) is 68.5 Å². The van der Waals surface area contributed by atoms with Crippen LogP contribution in [0.4, 0.5) is 5.82 Å². The Balaban J connectivity index is 0.853. The van der Waals surface area contributed by atoms with Crippen molar-refractivity contribution in [3.8, 4) is 11.8 Å². The van der Waals surface area contributed by atoms with Gasteiger partial charge in [0.15, 0.2) is 0 Å². The molecule has 3 fully saturated rings. The van der Waals surface area contributed by atoms with Gasteiger partial charge >= 0.3 is 0 Å². The fraction of sp³-hybridized carbons (Fsp3) is 0.441. The molecule has 7 rings (SSSR count). The highest BCUT2D eigenvalue weighted by molar-refractivity contribution is 6.23. The van der Waals surface area contributed by atoms with E-state index in [4.69, 9.17) is 4.74 Å². The van der Waals surface area contributed by atoms with E-state index in [1.807, 2.05) is 12.1 Å². The van der Waals surface area contributed by atoms with Crippen LogP contribution in [0.2, 0.25) is 0 Å². The topological polar surface area (TPSA) is 161 Å². The Morgan fingerprint density at radius 2 is 1.70 bits per heavy atom. The van der Waals surface area contributed by atoms with Gasteiger partial charge in [0.1, 0.15) is 30.5 Å². The molecule has 0 bridgehead atoms. The second-order valence-corrected chi connectivity index (χ2v) is 12.6. The van der Waals surface area contributed by atoms with E-state index in [2.05, 4.69) is 36.5 Å². The summed E-state index contributed by atoms with van der Waals surface area (Å²) in [4.78, 5) is 64.6. The van der Waals surface area contributed by atoms with Crippen molar-refractivity contribution in [2.24, 2.45) is 0 Å². The summed E-state index contributed by atoms with van der Waals surface area (Å²) in [5.74, 6) is -0.797. The number of nitriles is 1. The Bertz CT molecular complexity index is 1770. The van der Waals surface area contributed by atoms with E-state index in [1.165, 1.54) is 0 Å². The molecule has 1 atom stereocenters. The largest absolute Gasteiger partial charge is 0.492 e. The van der Waals surface area contributed by atoms with Crippen molar-refractivity contribution in [2.75, 3.05) is 44.6 Å². The number of aromatic nitrogens is 2. The van der Waals surface area contributed by atoms with Crippen molar-refractivity contribution >= 4 is 40.3 Å². The summed E-state index contributed by atoms with van der Waals surface area (Å²) in [5.41, 5.74) is 1.89. The number of hydrogen-bond acceptors (Lipinski definition) is 11. The number of fused-ring (bicyclic) bond motifs is 2. The monoisotopic (exact) mass is 636 g/mol. The van der Waals surface area contributed by atoms with E-state index in [0.717, 1.165) is 80.0 Å². The van der Waals surface area contributed by atoms with Gasteiger partial charge in [-0.2, -0.15) is 5.26 Å². The maximum Gasteiger partial charge on any atom is 0.262 e. The number of carbonyl (C=O) groups excluding carboxylic acids is 4. The summed E-state index contributed by atoms with van der Waals surface area (Å²) >= 11 is 0. The number of rotatable bonds is 8. The number of piperidine rings is 1. The minimum absolute atomic E-state index is 0.0834. The molecule has 0 spiro atoms. The highest BCUT2D eigenvalue weighted by Crippen LogP contribution is 2.31. The third-order valence-electron chi connectivity index (χ3n) is 9.81. The van der Waals surface area contributed by atoms with Crippen LogP contribution in [-0.2, 0) is 9.59 Å². The lowest BCUT2D eigenvalue weighted by Gasteiger charge is -2.42. The van der Waals surface area contributed by atoms with Gasteiger partial charge in [-0.25, -0.2) is 9.97 Å². The minimum Gasteiger partial charge on any atom is -0.492 e. The third-order valence-corrected chi connectivity index (χ3v) is 9.81. The highest BCUT2D eigenvalue weighted by Gasteiger charge is 2.44. The Hall–Kier alpha value is -4.93. The van der Waals surface area contributed by atoms with Gasteiger partial charge in [0.25, 0.3) is 11.8 Å². The van der Waals surface area contributed by atoms with Crippen LogP contribution >= 0.6 is 0 Å². The Morgan fingerprint density at radius 3 is 2.47 bits per heavy atom. The van der Waals surface area contributed by atoms with E-state index < -0.39 is 29.7 Å². The molecule has 1 aliphatic carbocycles. The van der Waals surface area contributed by atoms with Crippen LogP contribution in [-0.4, -0.2) is 106 Å². The number of ether oxygens (including phenoxy) is 1. The number of nitrogens with one attached hydrogen (secondary N) is 2. The molecule has 2 aromatic carbocycles. The number of imide groups is 2. The maximum absolute atomic E-state index is 13.1. The van der Waals surface area contributed by atoms with E-state index >= 15 is 0 Å². The van der Waals surface area contributed by atoms with Crippen molar-refractivity contribution in [1.82, 2.24) is 30.0 Å². The van der Waals surface area contributed by atoms with Crippen molar-refractivity contribution in [3.05, 3.63) is 59.4 Å². The standard InChI is InChI=1S/C34H36N8O5/c35-19-21-1-8-28-27(17-21)31(37-20-36-28)38-22-2-4-23(5-3-22)41-13-11-40(12-14-41)15-16-47-24-6-7-25-26(18-24)34(46)42(33(25)45)29-9-10-30(43)39-32(29)44/h1,6-8,17-18,20,22-23,29H,2-5,9-16H2,(H,36,37,38)(H,39,43,44)/t22-,23-,29?. The molecular weight excluding hydrogens is 600 g/mol. The first-order valence-electron chi connectivity index (χ1n) is 16.2. The van der Waals surface area contributed by atoms with Gasteiger partial charge in [-0.1, -0.05) is 0 Å². The van der Waals surface area contributed by atoms with Gasteiger partial charge in [-0.3, -0.25) is 39.2 Å². The highest BCUT2D eigenvalue weighted by atomic mass is 16.5. The van der Waals surface area contributed by atoms with Crippen molar-refractivity contribution in [2.45, 2.75) is 56.7 Å².